The number of nitrogens with zero attached hydrogens (tertiary/aromatic N) is 2. The Balaban J connectivity index is 1.87. The first-order valence-electron chi connectivity index (χ1n) is 8.47. The fraction of sp³-hybridized carbons (Fsp3) is 0.200. The number of carboxylic acid groups (broad SMARTS) is 1. The van der Waals surface area contributed by atoms with Gasteiger partial charge in [-0.1, -0.05) is 12.1 Å². The minimum atomic E-state index is -4.42. The van der Waals surface area contributed by atoms with Gasteiger partial charge in [-0.3, -0.25) is 0 Å². The van der Waals surface area contributed by atoms with Gasteiger partial charge in [0, 0.05) is 11.1 Å². The number of hydrogen-bond donors (Lipinski definition) is 1. The molecular formula is C20H15F3N2O2. The lowest BCUT2D eigenvalue weighted by molar-refractivity contribution is -0.137. The molecule has 7 heteroatoms. The van der Waals surface area contributed by atoms with E-state index in [1.165, 1.54) is 18.2 Å². The second-order valence-electron chi connectivity index (χ2n) is 6.47. The summed E-state index contributed by atoms with van der Waals surface area (Å²) in [6.07, 6.45) is -1.97. The van der Waals surface area contributed by atoms with Crippen LogP contribution < -0.4 is 0 Å². The molecule has 1 N–H and O–H groups in total. The van der Waals surface area contributed by atoms with Gasteiger partial charge in [0.15, 0.2) is 0 Å². The molecule has 1 heterocycles. The van der Waals surface area contributed by atoms with Gasteiger partial charge >= 0.3 is 12.1 Å². The van der Waals surface area contributed by atoms with Gasteiger partial charge in [0.2, 0.25) is 0 Å². The van der Waals surface area contributed by atoms with Crippen molar-refractivity contribution in [1.82, 2.24) is 9.78 Å². The number of aryl methyl sites for hydroxylation is 1. The molecule has 27 heavy (non-hydrogen) atoms. The SMILES string of the molecule is O=C(O)c1ccc(-n2nc3c(c2-c2cccc(C(F)(F)F)c2)CCC3)cc1. The lowest BCUT2D eigenvalue weighted by atomic mass is 10.0. The van der Waals surface area contributed by atoms with E-state index in [0.717, 1.165) is 42.7 Å². The Labute approximate surface area is 152 Å². The number of aromatic nitrogens is 2. The predicted octanol–water partition coefficient (Wildman–Crippen LogP) is 4.75. The lowest BCUT2D eigenvalue weighted by Crippen LogP contribution is -2.06. The predicted molar refractivity (Wildman–Crippen MR) is 93.0 cm³/mol. The zero-order chi connectivity index (χ0) is 19.2. The van der Waals surface area contributed by atoms with E-state index in [4.69, 9.17) is 5.11 Å². The van der Waals surface area contributed by atoms with Crippen LogP contribution in [0.4, 0.5) is 13.2 Å². The van der Waals surface area contributed by atoms with Crippen molar-refractivity contribution in [2.45, 2.75) is 25.4 Å². The van der Waals surface area contributed by atoms with Crippen LogP contribution in [0.1, 0.15) is 33.6 Å². The Morgan fingerprint density at radius 3 is 2.48 bits per heavy atom. The molecule has 0 amide bonds. The summed E-state index contributed by atoms with van der Waals surface area (Å²) in [5.74, 6) is -1.04. The molecule has 138 valence electrons. The third-order valence-electron chi connectivity index (χ3n) is 4.73. The zero-order valence-corrected chi connectivity index (χ0v) is 14.1. The van der Waals surface area contributed by atoms with Gasteiger partial charge < -0.3 is 5.11 Å². The van der Waals surface area contributed by atoms with Gasteiger partial charge in [-0.05, 0) is 55.7 Å². The number of carboxylic acids is 1. The second kappa shape index (κ2) is 6.26. The highest BCUT2D eigenvalue weighted by atomic mass is 19.4. The Kier molecular flexibility index (Phi) is 4.02. The number of fused-ring (bicyclic) bond motifs is 1. The largest absolute Gasteiger partial charge is 0.478 e. The minimum Gasteiger partial charge on any atom is -0.478 e. The summed E-state index contributed by atoms with van der Waals surface area (Å²) in [4.78, 5) is 11.1. The van der Waals surface area contributed by atoms with Crippen LogP contribution in [-0.4, -0.2) is 20.9 Å². The molecule has 1 aliphatic carbocycles. The van der Waals surface area contributed by atoms with E-state index in [-0.39, 0.29) is 5.56 Å². The minimum absolute atomic E-state index is 0.138. The van der Waals surface area contributed by atoms with E-state index in [0.29, 0.717) is 16.9 Å². The van der Waals surface area contributed by atoms with Crippen molar-refractivity contribution in [2.24, 2.45) is 0 Å². The van der Waals surface area contributed by atoms with Crippen molar-refractivity contribution in [3.8, 4) is 16.9 Å². The fourth-order valence-corrected chi connectivity index (χ4v) is 3.46. The summed E-state index contributed by atoms with van der Waals surface area (Å²) in [5, 5.41) is 13.6. The smallest absolute Gasteiger partial charge is 0.416 e. The van der Waals surface area contributed by atoms with E-state index in [2.05, 4.69) is 5.10 Å². The van der Waals surface area contributed by atoms with Gasteiger partial charge in [-0.25, -0.2) is 9.48 Å². The van der Waals surface area contributed by atoms with Crippen molar-refractivity contribution in [1.29, 1.82) is 0 Å². The molecule has 0 unspecified atom stereocenters. The highest BCUT2D eigenvalue weighted by Crippen LogP contribution is 2.37. The first-order chi connectivity index (χ1) is 12.8. The van der Waals surface area contributed by atoms with E-state index >= 15 is 0 Å². The van der Waals surface area contributed by atoms with E-state index in [9.17, 15) is 18.0 Å². The maximum absolute atomic E-state index is 13.1. The molecule has 0 aliphatic heterocycles. The van der Waals surface area contributed by atoms with Crippen LogP contribution in [0, 0.1) is 0 Å². The van der Waals surface area contributed by atoms with Gasteiger partial charge in [0.25, 0.3) is 0 Å². The summed E-state index contributed by atoms with van der Waals surface area (Å²) in [5.41, 5.74) is 2.96. The van der Waals surface area contributed by atoms with Crippen LogP contribution in [0.3, 0.4) is 0 Å². The van der Waals surface area contributed by atoms with Gasteiger partial charge in [-0.2, -0.15) is 18.3 Å². The number of aromatic carboxylic acids is 1. The maximum Gasteiger partial charge on any atom is 0.416 e. The molecule has 0 atom stereocenters. The average Bonchev–Trinajstić information content (AvgIpc) is 3.22. The summed E-state index contributed by atoms with van der Waals surface area (Å²) in [6.45, 7) is 0. The normalized spacial score (nSPS) is 13.6. The molecule has 2 aromatic carbocycles. The van der Waals surface area contributed by atoms with Crippen LogP contribution in [0.25, 0.3) is 16.9 Å². The van der Waals surface area contributed by atoms with Crippen molar-refractivity contribution in [3.63, 3.8) is 0 Å². The molecule has 0 spiro atoms. The maximum atomic E-state index is 13.1. The molecule has 0 radical (unpaired) electrons. The molecule has 3 aromatic rings. The third-order valence-corrected chi connectivity index (χ3v) is 4.73. The van der Waals surface area contributed by atoms with Crippen LogP contribution in [-0.2, 0) is 19.0 Å². The standard InChI is InChI=1S/C20H15F3N2O2/c21-20(22,23)14-4-1-3-13(11-14)18-16-5-2-6-17(16)24-25(18)15-9-7-12(8-10-15)19(26)27/h1,3-4,7-11H,2,5-6H2,(H,26,27). The van der Waals surface area contributed by atoms with Crippen LogP contribution in [0.5, 0.6) is 0 Å². The quantitative estimate of drug-likeness (QED) is 0.722. The molecule has 1 aromatic heterocycles. The van der Waals surface area contributed by atoms with Crippen molar-refractivity contribution in [3.05, 3.63) is 70.9 Å². The number of carbonyl (C=O) groups is 1. The van der Waals surface area contributed by atoms with E-state index in [1.807, 2.05) is 0 Å². The van der Waals surface area contributed by atoms with E-state index < -0.39 is 17.7 Å². The van der Waals surface area contributed by atoms with Gasteiger partial charge in [-0.15, -0.1) is 0 Å². The Hall–Kier alpha value is -3.09. The molecule has 0 fully saturated rings. The van der Waals surface area contributed by atoms with Crippen LogP contribution >= 0.6 is 0 Å². The highest BCUT2D eigenvalue weighted by molar-refractivity contribution is 5.87. The monoisotopic (exact) mass is 372 g/mol. The highest BCUT2D eigenvalue weighted by Gasteiger charge is 2.31. The van der Waals surface area contributed by atoms with Crippen molar-refractivity contribution >= 4 is 5.97 Å². The Morgan fingerprint density at radius 2 is 1.81 bits per heavy atom. The molecule has 0 bridgehead atoms. The summed E-state index contributed by atoms with van der Waals surface area (Å²) in [7, 11) is 0. The molecule has 0 saturated heterocycles. The first kappa shape index (κ1) is 17.3. The Bertz CT molecular complexity index is 1020. The second-order valence-corrected chi connectivity index (χ2v) is 6.47. The molecule has 0 saturated carbocycles. The Morgan fingerprint density at radius 1 is 1.07 bits per heavy atom. The summed E-state index contributed by atoms with van der Waals surface area (Å²) in [6, 6.07) is 11.4. The third kappa shape index (κ3) is 3.09. The van der Waals surface area contributed by atoms with E-state index in [1.54, 1.807) is 22.9 Å². The first-order valence-corrected chi connectivity index (χ1v) is 8.47. The topological polar surface area (TPSA) is 55.1 Å². The zero-order valence-electron chi connectivity index (χ0n) is 14.1. The number of hydrogen-bond acceptors (Lipinski definition) is 2. The number of halogens is 3. The van der Waals surface area contributed by atoms with Crippen LogP contribution in [0.2, 0.25) is 0 Å². The number of benzene rings is 2. The molecule has 1 aliphatic rings. The molecular weight excluding hydrogens is 357 g/mol. The molecule has 4 nitrogen and oxygen atoms in total. The summed E-state index contributed by atoms with van der Waals surface area (Å²) < 4.78 is 41.1. The van der Waals surface area contributed by atoms with Gasteiger partial charge in [0.05, 0.1) is 28.2 Å². The average molecular weight is 372 g/mol. The van der Waals surface area contributed by atoms with Crippen molar-refractivity contribution < 1.29 is 23.1 Å². The lowest BCUT2D eigenvalue weighted by Gasteiger charge is -2.13. The number of rotatable bonds is 3. The van der Waals surface area contributed by atoms with Crippen molar-refractivity contribution in [2.75, 3.05) is 0 Å². The fourth-order valence-electron chi connectivity index (χ4n) is 3.46. The molecule has 4 rings (SSSR count). The van der Waals surface area contributed by atoms with Gasteiger partial charge in [0.1, 0.15) is 0 Å². The van der Waals surface area contributed by atoms with Crippen LogP contribution in [0.15, 0.2) is 48.5 Å². The summed E-state index contributed by atoms with van der Waals surface area (Å²) >= 11 is 0. The number of alkyl halides is 3.